The van der Waals surface area contributed by atoms with E-state index in [-0.39, 0.29) is 23.0 Å². The Labute approximate surface area is 180 Å². The van der Waals surface area contributed by atoms with Crippen LogP contribution in [0.2, 0.25) is 0 Å². The van der Waals surface area contributed by atoms with Crippen LogP contribution < -0.4 is 5.73 Å². The zero-order chi connectivity index (χ0) is 24.3. The molecule has 0 spiro atoms. The molecule has 1 aliphatic rings. The van der Waals surface area contributed by atoms with E-state index >= 15 is 0 Å². The Morgan fingerprint density at radius 3 is 2.09 bits per heavy atom. The van der Waals surface area contributed by atoms with Crippen LogP contribution in [0.5, 0.6) is 0 Å². The fourth-order valence-electron chi connectivity index (χ4n) is 3.45. The molecule has 0 radical (unpaired) electrons. The number of benzene rings is 1. The molecule has 0 amide bonds. The highest BCUT2D eigenvalue weighted by Gasteiger charge is 2.44. The van der Waals surface area contributed by atoms with Gasteiger partial charge in [0.2, 0.25) is 0 Å². The predicted molar refractivity (Wildman–Crippen MR) is 98.2 cm³/mol. The topological polar surface area (TPSA) is 140 Å². The zero-order valence-corrected chi connectivity index (χ0v) is 16.2. The Bertz CT molecular complexity index is 1170. The minimum atomic E-state index is -5.08. The van der Waals surface area contributed by atoms with Gasteiger partial charge in [0.15, 0.2) is 23.5 Å². The Hall–Kier alpha value is -3.01. The second-order valence-electron chi connectivity index (χ2n) is 7.28. The highest BCUT2D eigenvalue weighted by molar-refractivity contribution is 5.84. The number of rotatable bonds is 3. The summed E-state index contributed by atoms with van der Waals surface area (Å²) in [5.74, 6) is -0.920. The summed E-state index contributed by atoms with van der Waals surface area (Å²) in [4.78, 5) is 11.7. The van der Waals surface area contributed by atoms with Crippen molar-refractivity contribution < 1.29 is 46.4 Å². The van der Waals surface area contributed by atoms with Gasteiger partial charge >= 0.3 is 12.4 Å². The lowest BCUT2D eigenvalue weighted by Gasteiger charge is -2.17. The van der Waals surface area contributed by atoms with E-state index in [4.69, 9.17) is 10.5 Å². The molecule has 2 aromatic heterocycles. The zero-order valence-electron chi connectivity index (χ0n) is 16.2. The predicted octanol–water partition coefficient (Wildman–Crippen LogP) is 1.72. The van der Waals surface area contributed by atoms with Crippen molar-refractivity contribution in [3.05, 3.63) is 35.7 Å². The van der Waals surface area contributed by atoms with Crippen LogP contribution in [0.3, 0.4) is 0 Å². The first-order valence-electron chi connectivity index (χ1n) is 9.23. The number of hydrogen-bond acceptors (Lipinski definition) is 8. The number of aromatic nitrogens is 4. The van der Waals surface area contributed by atoms with Gasteiger partial charge in [-0.3, -0.25) is 4.57 Å². The molecule has 33 heavy (non-hydrogen) atoms. The van der Waals surface area contributed by atoms with Gasteiger partial charge in [-0.15, -0.1) is 0 Å². The Balaban J connectivity index is 1.88. The van der Waals surface area contributed by atoms with Gasteiger partial charge in [-0.2, -0.15) is 26.3 Å². The number of aliphatic hydroxyl groups excluding tert-OH is 3. The number of ether oxygens (including phenoxy) is 1. The highest BCUT2D eigenvalue weighted by Crippen LogP contribution is 2.39. The van der Waals surface area contributed by atoms with Gasteiger partial charge in [0.1, 0.15) is 23.8 Å². The molecular weight excluding hydrogens is 464 g/mol. The molecule has 4 atom stereocenters. The lowest BCUT2D eigenvalue weighted by atomic mass is 10.0. The van der Waals surface area contributed by atoms with Gasteiger partial charge < -0.3 is 25.8 Å². The number of halogens is 6. The molecule has 5 N–H and O–H groups in total. The fourth-order valence-corrected chi connectivity index (χ4v) is 3.45. The standard InChI is InChI=1S/C18H15F6N5O4/c19-17(20,21)7-1-6(2-8(3-7)18(22,23)24)14-27-13(25)10-15(28-14)29(5-26-10)16-12(32)11(31)9(4-30)33-16/h1-3,5,9,11-12,16,30-32H,4H2,(H2,25,27,28)/t9-,11-,12-,16-/m1/s1. The Morgan fingerprint density at radius 1 is 0.970 bits per heavy atom. The normalized spacial score (nSPS) is 24.0. The molecule has 0 unspecified atom stereocenters. The third kappa shape index (κ3) is 4.07. The summed E-state index contributed by atoms with van der Waals surface area (Å²) in [7, 11) is 0. The maximum atomic E-state index is 13.2. The molecule has 0 aliphatic carbocycles. The van der Waals surface area contributed by atoms with E-state index in [0.29, 0.717) is 12.1 Å². The van der Waals surface area contributed by atoms with E-state index in [0.717, 1.165) is 10.9 Å². The van der Waals surface area contributed by atoms with Crippen molar-refractivity contribution in [2.24, 2.45) is 0 Å². The summed E-state index contributed by atoms with van der Waals surface area (Å²) in [5, 5.41) is 29.5. The molecule has 1 saturated heterocycles. The number of hydrogen-bond donors (Lipinski definition) is 4. The first kappa shape index (κ1) is 23.2. The van der Waals surface area contributed by atoms with Gasteiger partial charge in [0, 0.05) is 5.56 Å². The maximum absolute atomic E-state index is 13.2. The summed E-state index contributed by atoms with van der Waals surface area (Å²) in [6.07, 6.45) is -14.6. The van der Waals surface area contributed by atoms with Crippen LogP contribution in [0.25, 0.3) is 22.6 Å². The third-order valence-corrected chi connectivity index (χ3v) is 5.09. The monoisotopic (exact) mass is 479 g/mol. The van der Waals surface area contributed by atoms with E-state index < -0.39 is 66.0 Å². The van der Waals surface area contributed by atoms with Gasteiger partial charge in [0.05, 0.1) is 24.1 Å². The molecular formula is C18H15F6N5O4. The first-order valence-corrected chi connectivity index (χ1v) is 9.23. The molecule has 9 nitrogen and oxygen atoms in total. The van der Waals surface area contributed by atoms with Crippen LogP contribution in [0.4, 0.5) is 32.2 Å². The minimum Gasteiger partial charge on any atom is -0.394 e. The number of aliphatic hydroxyl groups is 3. The smallest absolute Gasteiger partial charge is 0.394 e. The SMILES string of the molecule is Nc1nc(-c2cc(C(F)(F)F)cc(C(F)(F)F)c2)nc2c1ncn2[C@@H]1O[C@H](CO)[C@@H](O)[C@H]1O. The molecule has 15 heteroatoms. The van der Waals surface area contributed by atoms with Crippen LogP contribution in [-0.2, 0) is 17.1 Å². The van der Waals surface area contributed by atoms with E-state index in [1.165, 1.54) is 0 Å². The number of nitrogens with two attached hydrogens (primary N) is 1. The summed E-state index contributed by atoms with van der Waals surface area (Å²) in [6, 6.07) is 0.862. The number of nitrogens with zero attached hydrogens (tertiary/aromatic N) is 4. The summed E-state index contributed by atoms with van der Waals surface area (Å²) < 4.78 is 85.8. The van der Waals surface area contributed by atoms with Crippen molar-refractivity contribution >= 4 is 17.0 Å². The molecule has 0 saturated carbocycles. The largest absolute Gasteiger partial charge is 0.416 e. The van der Waals surface area contributed by atoms with Crippen molar-refractivity contribution in [1.29, 1.82) is 0 Å². The summed E-state index contributed by atoms with van der Waals surface area (Å²) in [6.45, 7) is -0.631. The lowest BCUT2D eigenvalue weighted by Crippen LogP contribution is -2.33. The Kier molecular flexibility index (Phi) is 5.47. The van der Waals surface area contributed by atoms with Crippen molar-refractivity contribution in [3.8, 4) is 11.4 Å². The third-order valence-electron chi connectivity index (χ3n) is 5.09. The molecule has 3 aromatic rings. The number of fused-ring (bicyclic) bond motifs is 1. The lowest BCUT2D eigenvalue weighted by molar-refractivity contribution is -0.143. The quantitative estimate of drug-likeness (QED) is 0.417. The van der Waals surface area contributed by atoms with E-state index in [2.05, 4.69) is 15.0 Å². The van der Waals surface area contributed by atoms with Gasteiger partial charge in [-0.05, 0) is 18.2 Å². The van der Waals surface area contributed by atoms with Crippen molar-refractivity contribution in [3.63, 3.8) is 0 Å². The maximum Gasteiger partial charge on any atom is 0.416 e. The van der Waals surface area contributed by atoms with Gasteiger partial charge in [-0.25, -0.2) is 15.0 Å². The van der Waals surface area contributed by atoms with Crippen LogP contribution in [0.1, 0.15) is 17.4 Å². The molecule has 1 aromatic carbocycles. The van der Waals surface area contributed by atoms with E-state index in [9.17, 15) is 41.7 Å². The second kappa shape index (κ2) is 7.79. The first-order chi connectivity index (χ1) is 15.3. The summed E-state index contributed by atoms with van der Waals surface area (Å²) >= 11 is 0. The molecule has 178 valence electrons. The average molecular weight is 479 g/mol. The summed E-state index contributed by atoms with van der Waals surface area (Å²) in [5.41, 5.74) is 1.82. The fraction of sp³-hybridized carbons (Fsp3) is 0.389. The van der Waals surface area contributed by atoms with Crippen molar-refractivity contribution in [2.45, 2.75) is 36.9 Å². The van der Waals surface area contributed by atoms with Crippen molar-refractivity contribution in [1.82, 2.24) is 19.5 Å². The number of nitrogen functional groups attached to an aromatic ring is 1. The van der Waals surface area contributed by atoms with Gasteiger partial charge in [0.25, 0.3) is 0 Å². The van der Waals surface area contributed by atoms with Crippen LogP contribution in [0, 0.1) is 0 Å². The molecule has 1 fully saturated rings. The van der Waals surface area contributed by atoms with E-state index in [1.54, 1.807) is 0 Å². The van der Waals surface area contributed by atoms with Crippen molar-refractivity contribution in [2.75, 3.05) is 12.3 Å². The van der Waals surface area contributed by atoms with Crippen LogP contribution in [0.15, 0.2) is 24.5 Å². The second-order valence-corrected chi connectivity index (χ2v) is 7.28. The number of anilines is 1. The van der Waals surface area contributed by atoms with Gasteiger partial charge in [-0.1, -0.05) is 0 Å². The average Bonchev–Trinajstić information content (AvgIpc) is 3.28. The number of alkyl halides is 6. The van der Waals surface area contributed by atoms with E-state index in [1.807, 2.05) is 0 Å². The molecule has 0 bridgehead atoms. The molecule has 1 aliphatic heterocycles. The molecule has 4 rings (SSSR count). The van der Waals surface area contributed by atoms with Crippen LogP contribution in [-0.4, -0.2) is 59.8 Å². The molecule has 3 heterocycles. The number of imidazole rings is 1. The minimum absolute atomic E-state index is 0.0330. The van der Waals surface area contributed by atoms with Crippen LogP contribution >= 0.6 is 0 Å². The Morgan fingerprint density at radius 2 is 1.58 bits per heavy atom. The highest BCUT2D eigenvalue weighted by atomic mass is 19.4.